The van der Waals surface area contributed by atoms with Crippen LogP contribution in [0.25, 0.3) is 11.1 Å². The highest BCUT2D eigenvalue weighted by atomic mass is 32.2. The second-order valence-electron chi connectivity index (χ2n) is 6.49. The van der Waals surface area contributed by atoms with Gasteiger partial charge in [-0.25, -0.2) is 8.42 Å². The standard InChI is InChI=1S/C20H26N2O3S/c1-16(2)22(26(3,24)25)15-9-14-21-20(23)19-13-8-7-12-18(19)17-10-5-4-6-11-17/h4-8,10-13,16H,9,14-15H2,1-3H3,(H,21,23). The minimum atomic E-state index is -3.24. The van der Waals surface area contributed by atoms with E-state index in [1.54, 1.807) is 6.07 Å². The van der Waals surface area contributed by atoms with Crippen LogP contribution < -0.4 is 5.32 Å². The van der Waals surface area contributed by atoms with Crippen molar-refractivity contribution in [3.8, 4) is 11.1 Å². The second kappa shape index (κ2) is 8.96. The predicted octanol–water partition coefficient (Wildman–Crippen LogP) is 3.14. The summed E-state index contributed by atoms with van der Waals surface area (Å²) in [6.07, 6.45) is 1.77. The number of rotatable bonds is 8. The number of carbonyl (C=O) groups is 1. The highest BCUT2D eigenvalue weighted by molar-refractivity contribution is 7.88. The van der Waals surface area contributed by atoms with Gasteiger partial charge < -0.3 is 5.32 Å². The molecule has 0 unspecified atom stereocenters. The molecule has 0 aliphatic rings. The zero-order valence-corrected chi connectivity index (χ0v) is 16.3. The number of benzene rings is 2. The first-order valence-corrected chi connectivity index (χ1v) is 10.5. The summed E-state index contributed by atoms with van der Waals surface area (Å²) in [7, 11) is -3.24. The Kier molecular flexibility index (Phi) is 6.94. The molecule has 140 valence electrons. The van der Waals surface area contributed by atoms with Crippen molar-refractivity contribution in [2.45, 2.75) is 26.3 Å². The van der Waals surface area contributed by atoms with Crippen molar-refractivity contribution in [2.24, 2.45) is 0 Å². The highest BCUT2D eigenvalue weighted by Gasteiger charge is 2.19. The van der Waals surface area contributed by atoms with Crippen molar-refractivity contribution < 1.29 is 13.2 Å². The van der Waals surface area contributed by atoms with E-state index in [0.29, 0.717) is 25.1 Å². The Morgan fingerprint density at radius 2 is 1.65 bits per heavy atom. The lowest BCUT2D eigenvalue weighted by molar-refractivity contribution is 0.0953. The molecule has 26 heavy (non-hydrogen) atoms. The van der Waals surface area contributed by atoms with Crippen molar-refractivity contribution in [3.63, 3.8) is 0 Å². The van der Waals surface area contributed by atoms with Gasteiger partial charge in [0.1, 0.15) is 0 Å². The van der Waals surface area contributed by atoms with Gasteiger partial charge in [0.15, 0.2) is 0 Å². The molecule has 1 amide bonds. The van der Waals surface area contributed by atoms with E-state index in [-0.39, 0.29) is 11.9 Å². The Balaban J connectivity index is 1.99. The molecular weight excluding hydrogens is 348 g/mol. The van der Waals surface area contributed by atoms with Gasteiger partial charge in [-0.2, -0.15) is 4.31 Å². The van der Waals surface area contributed by atoms with Crippen LogP contribution in [-0.4, -0.2) is 44.0 Å². The minimum absolute atomic E-state index is 0.0977. The van der Waals surface area contributed by atoms with Crippen LogP contribution in [0.4, 0.5) is 0 Å². The van der Waals surface area contributed by atoms with Crippen molar-refractivity contribution in [1.82, 2.24) is 9.62 Å². The first-order chi connectivity index (χ1) is 12.3. The van der Waals surface area contributed by atoms with Crippen LogP contribution in [0.15, 0.2) is 54.6 Å². The number of carbonyl (C=O) groups excluding carboxylic acids is 1. The quantitative estimate of drug-likeness (QED) is 0.722. The Labute approximate surface area is 156 Å². The molecule has 0 saturated carbocycles. The van der Waals surface area contributed by atoms with Crippen LogP contribution in [0.2, 0.25) is 0 Å². The molecule has 0 saturated heterocycles. The van der Waals surface area contributed by atoms with Crippen LogP contribution in [0.1, 0.15) is 30.6 Å². The topological polar surface area (TPSA) is 66.5 Å². The minimum Gasteiger partial charge on any atom is -0.352 e. The average Bonchev–Trinajstić information content (AvgIpc) is 2.60. The molecule has 0 heterocycles. The van der Waals surface area contributed by atoms with Crippen LogP contribution >= 0.6 is 0 Å². The van der Waals surface area contributed by atoms with E-state index in [2.05, 4.69) is 5.32 Å². The predicted molar refractivity (Wildman–Crippen MR) is 106 cm³/mol. The van der Waals surface area contributed by atoms with E-state index >= 15 is 0 Å². The van der Waals surface area contributed by atoms with Gasteiger partial charge in [-0.05, 0) is 37.5 Å². The third-order valence-corrected chi connectivity index (χ3v) is 5.56. The Morgan fingerprint density at radius 1 is 1.04 bits per heavy atom. The summed E-state index contributed by atoms with van der Waals surface area (Å²) in [5.41, 5.74) is 2.48. The fourth-order valence-corrected chi connectivity index (χ4v) is 4.12. The molecule has 0 bridgehead atoms. The lowest BCUT2D eigenvalue weighted by Crippen LogP contribution is -2.38. The number of sulfonamides is 1. The van der Waals surface area contributed by atoms with Crippen LogP contribution in [0.5, 0.6) is 0 Å². The largest absolute Gasteiger partial charge is 0.352 e. The summed E-state index contributed by atoms with van der Waals surface area (Å²) < 4.78 is 25.0. The van der Waals surface area contributed by atoms with Gasteiger partial charge >= 0.3 is 0 Å². The Hall–Kier alpha value is -2.18. The summed E-state index contributed by atoms with van der Waals surface area (Å²) >= 11 is 0. The Bertz CT molecular complexity index is 833. The van der Waals surface area contributed by atoms with Crippen molar-refractivity contribution in [3.05, 3.63) is 60.2 Å². The average molecular weight is 375 g/mol. The molecule has 0 aliphatic heterocycles. The molecule has 5 nitrogen and oxygen atoms in total. The molecule has 2 aromatic carbocycles. The molecule has 0 fully saturated rings. The zero-order chi connectivity index (χ0) is 19.2. The number of nitrogens with zero attached hydrogens (tertiary/aromatic N) is 1. The summed E-state index contributed by atoms with van der Waals surface area (Å²) in [5, 5.41) is 2.89. The molecule has 1 N–H and O–H groups in total. The van der Waals surface area contributed by atoms with E-state index in [1.807, 2.05) is 62.4 Å². The molecule has 6 heteroatoms. The van der Waals surface area contributed by atoms with E-state index in [4.69, 9.17) is 0 Å². The normalized spacial score (nSPS) is 11.7. The lowest BCUT2D eigenvalue weighted by atomic mass is 9.99. The summed E-state index contributed by atoms with van der Waals surface area (Å²) in [4.78, 5) is 12.6. The fourth-order valence-electron chi connectivity index (χ4n) is 2.89. The number of hydrogen-bond donors (Lipinski definition) is 1. The number of nitrogens with one attached hydrogen (secondary N) is 1. The third kappa shape index (κ3) is 5.41. The maximum absolute atomic E-state index is 12.6. The molecule has 0 atom stereocenters. The van der Waals surface area contributed by atoms with E-state index in [0.717, 1.165) is 11.1 Å². The lowest BCUT2D eigenvalue weighted by Gasteiger charge is -2.23. The highest BCUT2D eigenvalue weighted by Crippen LogP contribution is 2.23. The molecule has 0 aromatic heterocycles. The van der Waals surface area contributed by atoms with Gasteiger partial charge in [0.2, 0.25) is 10.0 Å². The molecular formula is C20H26N2O3S. The van der Waals surface area contributed by atoms with Crippen molar-refractivity contribution >= 4 is 15.9 Å². The van der Waals surface area contributed by atoms with E-state index in [9.17, 15) is 13.2 Å². The second-order valence-corrected chi connectivity index (χ2v) is 8.42. The zero-order valence-electron chi connectivity index (χ0n) is 15.5. The van der Waals surface area contributed by atoms with Gasteiger partial charge in [0.05, 0.1) is 6.26 Å². The van der Waals surface area contributed by atoms with Crippen LogP contribution in [-0.2, 0) is 10.0 Å². The molecule has 2 aromatic rings. The maximum Gasteiger partial charge on any atom is 0.251 e. The van der Waals surface area contributed by atoms with Gasteiger partial charge in [-0.15, -0.1) is 0 Å². The van der Waals surface area contributed by atoms with Gasteiger partial charge in [0.25, 0.3) is 5.91 Å². The molecule has 0 spiro atoms. The van der Waals surface area contributed by atoms with Crippen molar-refractivity contribution in [1.29, 1.82) is 0 Å². The fraction of sp³-hybridized carbons (Fsp3) is 0.350. The maximum atomic E-state index is 12.6. The number of amides is 1. The summed E-state index contributed by atoms with van der Waals surface area (Å²) in [5.74, 6) is -0.153. The van der Waals surface area contributed by atoms with E-state index < -0.39 is 10.0 Å². The van der Waals surface area contributed by atoms with Crippen LogP contribution in [0, 0.1) is 0 Å². The number of hydrogen-bond acceptors (Lipinski definition) is 3. The van der Waals surface area contributed by atoms with E-state index in [1.165, 1.54) is 10.6 Å². The first-order valence-electron chi connectivity index (χ1n) is 8.70. The molecule has 0 aliphatic carbocycles. The molecule has 2 rings (SSSR count). The Morgan fingerprint density at radius 3 is 2.27 bits per heavy atom. The summed E-state index contributed by atoms with van der Waals surface area (Å²) in [6, 6.07) is 17.1. The third-order valence-electron chi connectivity index (χ3n) is 4.10. The smallest absolute Gasteiger partial charge is 0.251 e. The van der Waals surface area contributed by atoms with Crippen LogP contribution in [0.3, 0.4) is 0 Å². The molecule has 0 radical (unpaired) electrons. The van der Waals surface area contributed by atoms with Crippen molar-refractivity contribution in [2.75, 3.05) is 19.3 Å². The van der Waals surface area contributed by atoms with Gasteiger partial charge in [0, 0.05) is 24.7 Å². The monoisotopic (exact) mass is 374 g/mol. The summed E-state index contributed by atoms with van der Waals surface area (Å²) in [6.45, 7) is 4.49. The van der Waals surface area contributed by atoms with Gasteiger partial charge in [-0.1, -0.05) is 48.5 Å². The van der Waals surface area contributed by atoms with Gasteiger partial charge in [-0.3, -0.25) is 4.79 Å². The SMILES string of the molecule is CC(C)N(CCCNC(=O)c1ccccc1-c1ccccc1)S(C)(=O)=O. The first kappa shape index (κ1) is 20.1.